The molecule has 0 aliphatic carbocycles. The third-order valence-corrected chi connectivity index (χ3v) is 3.88. The summed E-state index contributed by atoms with van der Waals surface area (Å²) >= 11 is 0. The molecule has 1 aliphatic heterocycles. The van der Waals surface area contributed by atoms with E-state index < -0.39 is 0 Å². The van der Waals surface area contributed by atoms with Gasteiger partial charge in [0, 0.05) is 25.7 Å². The summed E-state index contributed by atoms with van der Waals surface area (Å²) in [5.74, 6) is 2.55. The zero-order valence-electron chi connectivity index (χ0n) is 12.7. The average molecular weight is 280 g/mol. The molecule has 1 heterocycles. The van der Waals surface area contributed by atoms with Crippen molar-refractivity contribution in [3.05, 3.63) is 17.7 Å². The molecule has 5 heteroatoms. The maximum atomic E-state index is 6.07. The molecule has 112 valence electrons. The lowest BCUT2D eigenvalue weighted by Crippen LogP contribution is -2.28. The van der Waals surface area contributed by atoms with Crippen molar-refractivity contribution in [1.82, 2.24) is 4.90 Å². The third kappa shape index (κ3) is 2.99. The summed E-state index contributed by atoms with van der Waals surface area (Å²) in [6.45, 7) is 4.99. The van der Waals surface area contributed by atoms with Crippen molar-refractivity contribution in [3.63, 3.8) is 0 Å². The van der Waals surface area contributed by atoms with Crippen molar-refractivity contribution in [2.45, 2.75) is 19.5 Å². The van der Waals surface area contributed by atoms with E-state index in [0.29, 0.717) is 23.2 Å². The van der Waals surface area contributed by atoms with Gasteiger partial charge in [0.05, 0.1) is 21.3 Å². The number of rotatable bonds is 5. The number of ether oxygens (including phenoxy) is 3. The number of methoxy groups -OCH3 is 3. The number of hydrogen-bond donors (Lipinski definition) is 1. The molecule has 1 aromatic rings. The maximum Gasteiger partial charge on any atom is 0.203 e. The molecule has 2 rings (SSSR count). The largest absolute Gasteiger partial charge is 0.493 e. The maximum absolute atomic E-state index is 6.07. The van der Waals surface area contributed by atoms with E-state index in [0.717, 1.165) is 25.2 Å². The first-order valence-corrected chi connectivity index (χ1v) is 6.85. The Morgan fingerprint density at radius 2 is 1.70 bits per heavy atom. The molecule has 1 aromatic carbocycles. The summed E-state index contributed by atoms with van der Waals surface area (Å²) in [6, 6.07) is 4.25. The van der Waals surface area contributed by atoms with Crippen molar-refractivity contribution in [3.8, 4) is 17.2 Å². The van der Waals surface area contributed by atoms with Crippen LogP contribution in [-0.2, 0) is 6.54 Å². The lowest BCUT2D eigenvalue weighted by Gasteiger charge is -2.18. The standard InChI is InChI=1S/C15H24N2O3/c1-10-7-17(9-12(10)16)8-11-5-13(18-2)15(20-4)14(6-11)19-3/h5-6,10,12H,7-9,16H2,1-4H3. The fourth-order valence-corrected chi connectivity index (χ4v) is 2.71. The number of nitrogens with zero attached hydrogens (tertiary/aromatic N) is 1. The number of likely N-dealkylation sites (tertiary alicyclic amines) is 1. The van der Waals surface area contributed by atoms with Gasteiger partial charge in [0.1, 0.15) is 0 Å². The first-order valence-electron chi connectivity index (χ1n) is 6.85. The van der Waals surface area contributed by atoms with Crippen molar-refractivity contribution in [2.75, 3.05) is 34.4 Å². The molecule has 1 aliphatic rings. The zero-order valence-corrected chi connectivity index (χ0v) is 12.7. The van der Waals surface area contributed by atoms with Crippen LogP contribution < -0.4 is 19.9 Å². The Balaban J connectivity index is 2.20. The van der Waals surface area contributed by atoms with Crippen LogP contribution in [-0.4, -0.2) is 45.4 Å². The lowest BCUT2D eigenvalue weighted by atomic mass is 10.1. The van der Waals surface area contributed by atoms with Gasteiger partial charge in [0.25, 0.3) is 0 Å². The van der Waals surface area contributed by atoms with Crippen LogP contribution in [0.5, 0.6) is 17.2 Å². The SMILES string of the molecule is COc1cc(CN2CC(C)C(N)C2)cc(OC)c1OC. The van der Waals surface area contributed by atoms with E-state index in [2.05, 4.69) is 11.8 Å². The molecule has 0 spiro atoms. The highest BCUT2D eigenvalue weighted by atomic mass is 16.5. The molecule has 5 nitrogen and oxygen atoms in total. The normalized spacial score (nSPS) is 22.9. The van der Waals surface area contributed by atoms with Gasteiger partial charge in [-0.3, -0.25) is 4.90 Å². The van der Waals surface area contributed by atoms with Crippen molar-refractivity contribution >= 4 is 0 Å². The number of hydrogen-bond acceptors (Lipinski definition) is 5. The van der Waals surface area contributed by atoms with Gasteiger partial charge in [-0.1, -0.05) is 6.92 Å². The molecular weight excluding hydrogens is 256 g/mol. The first-order chi connectivity index (χ1) is 9.58. The Morgan fingerprint density at radius 1 is 1.10 bits per heavy atom. The Hall–Kier alpha value is -1.46. The van der Waals surface area contributed by atoms with Crippen LogP contribution in [0, 0.1) is 5.92 Å². The second-order valence-electron chi connectivity index (χ2n) is 5.37. The zero-order chi connectivity index (χ0) is 14.7. The molecule has 0 aromatic heterocycles. The molecule has 0 bridgehead atoms. The third-order valence-electron chi connectivity index (χ3n) is 3.88. The van der Waals surface area contributed by atoms with E-state index in [1.807, 2.05) is 12.1 Å². The van der Waals surface area contributed by atoms with Crippen molar-refractivity contribution in [1.29, 1.82) is 0 Å². The van der Waals surface area contributed by atoms with Gasteiger partial charge in [0.15, 0.2) is 11.5 Å². The molecule has 2 unspecified atom stereocenters. The molecular formula is C15H24N2O3. The van der Waals surface area contributed by atoms with Gasteiger partial charge >= 0.3 is 0 Å². The predicted octanol–water partition coefficient (Wildman–Crippen LogP) is 1.49. The van der Waals surface area contributed by atoms with Gasteiger partial charge in [-0.15, -0.1) is 0 Å². The summed E-state index contributed by atoms with van der Waals surface area (Å²) in [4.78, 5) is 2.36. The van der Waals surface area contributed by atoms with E-state index in [1.54, 1.807) is 21.3 Å². The van der Waals surface area contributed by atoms with E-state index in [1.165, 1.54) is 0 Å². The van der Waals surface area contributed by atoms with Crippen LogP contribution >= 0.6 is 0 Å². The molecule has 2 atom stereocenters. The summed E-state index contributed by atoms with van der Waals surface area (Å²) < 4.78 is 16.1. The second-order valence-corrected chi connectivity index (χ2v) is 5.37. The smallest absolute Gasteiger partial charge is 0.203 e. The van der Waals surface area contributed by atoms with E-state index in [-0.39, 0.29) is 6.04 Å². The van der Waals surface area contributed by atoms with Gasteiger partial charge in [-0.05, 0) is 23.6 Å². The minimum absolute atomic E-state index is 0.261. The number of benzene rings is 1. The Bertz CT molecular complexity index is 429. The van der Waals surface area contributed by atoms with E-state index in [9.17, 15) is 0 Å². The Morgan fingerprint density at radius 3 is 2.10 bits per heavy atom. The van der Waals surface area contributed by atoms with Crippen LogP contribution in [0.25, 0.3) is 0 Å². The van der Waals surface area contributed by atoms with Crippen LogP contribution in [0.3, 0.4) is 0 Å². The molecule has 2 N–H and O–H groups in total. The van der Waals surface area contributed by atoms with Crippen molar-refractivity contribution in [2.24, 2.45) is 11.7 Å². The quantitative estimate of drug-likeness (QED) is 0.885. The van der Waals surface area contributed by atoms with Gasteiger partial charge in [-0.25, -0.2) is 0 Å². The van der Waals surface area contributed by atoms with Crippen LogP contribution in [0.15, 0.2) is 12.1 Å². The molecule has 1 fully saturated rings. The topological polar surface area (TPSA) is 57.0 Å². The van der Waals surface area contributed by atoms with Crippen molar-refractivity contribution < 1.29 is 14.2 Å². The predicted molar refractivity (Wildman–Crippen MR) is 78.5 cm³/mol. The number of nitrogens with two attached hydrogens (primary N) is 1. The fraction of sp³-hybridized carbons (Fsp3) is 0.600. The van der Waals surface area contributed by atoms with Gasteiger partial charge in [-0.2, -0.15) is 0 Å². The molecule has 0 amide bonds. The van der Waals surface area contributed by atoms with Gasteiger partial charge in [0.2, 0.25) is 5.75 Å². The van der Waals surface area contributed by atoms with Crippen LogP contribution in [0.4, 0.5) is 0 Å². The molecule has 1 saturated heterocycles. The van der Waals surface area contributed by atoms with E-state index in [4.69, 9.17) is 19.9 Å². The molecule has 0 saturated carbocycles. The van der Waals surface area contributed by atoms with Crippen LogP contribution in [0.1, 0.15) is 12.5 Å². The fourth-order valence-electron chi connectivity index (χ4n) is 2.71. The molecule has 0 radical (unpaired) electrons. The van der Waals surface area contributed by atoms with Crippen LogP contribution in [0.2, 0.25) is 0 Å². The second kappa shape index (κ2) is 6.33. The summed E-state index contributed by atoms with van der Waals surface area (Å²) in [5, 5.41) is 0. The minimum atomic E-state index is 0.261. The highest BCUT2D eigenvalue weighted by Gasteiger charge is 2.26. The highest BCUT2D eigenvalue weighted by molar-refractivity contribution is 5.53. The Labute approximate surface area is 120 Å². The summed E-state index contributed by atoms with van der Waals surface area (Å²) in [6.07, 6.45) is 0. The monoisotopic (exact) mass is 280 g/mol. The van der Waals surface area contributed by atoms with E-state index >= 15 is 0 Å². The minimum Gasteiger partial charge on any atom is -0.493 e. The lowest BCUT2D eigenvalue weighted by molar-refractivity contribution is 0.308. The Kier molecular flexibility index (Phi) is 4.73. The summed E-state index contributed by atoms with van der Waals surface area (Å²) in [5.41, 5.74) is 7.21. The summed E-state index contributed by atoms with van der Waals surface area (Å²) in [7, 11) is 4.88. The first kappa shape index (κ1) is 14.9. The highest BCUT2D eigenvalue weighted by Crippen LogP contribution is 2.38. The average Bonchev–Trinajstić information content (AvgIpc) is 2.75. The molecule has 20 heavy (non-hydrogen) atoms. The van der Waals surface area contributed by atoms with Gasteiger partial charge < -0.3 is 19.9 Å².